The molecule has 0 aliphatic heterocycles. The summed E-state index contributed by atoms with van der Waals surface area (Å²) in [5.41, 5.74) is 0. The lowest BCUT2D eigenvalue weighted by Gasteiger charge is -2.06. The topological polar surface area (TPSA) is 38.3 Å². The molecule has 0 aromatic carbocycles. The fourth-order valence-corrected chi connectivity index (χ4v) is 0.822. The number of methoxy groups -OCH3 is 1. The van der Waals surface area contributed by atoms with Crippen molar-refractivity contribution < 1.29 is 9.53 Å². The van der Waals surface area contributed by atoms with E-state index in [1.54, 1.807) is 14.0 Å². The van der Waals surface area contributed by atoms with Crippen molar-refractivity contribution in [2.24, 2.45) is 0 Å². The molecule has 0 saturated heterocycles. The van der Waals surface area contributed by atoms with Crippen molar-refractivity contribution in [3.05, 3.63) is 0 Å². The highest BCUT2D eigenvalue weighted by Crippen LogP contribution is 1.92. The quantitative estimate of drug-likeness (QED) is 0.482. The van der Waals surface area contributed by atoms with Gasteiger partial charge in [0, 0.05) is 20.3 Å². The molecule has 0 bridgehead atoms. The van der Waals surface area contributed by atoms with E-state index >= 15 is 0 Å². The minimum atomic E-state index is -0.215. The molecular weight excluding hydrogens is 174 g/mol. The van der Waals surface area contributed by atoms with Crippen molar-refractivity contribution in [3.63, 3.8) is 0 Å². The van der Waals surface area contributed by atoms with E-state index in [1.807, 2.05) is 0 Å². The van der Waals surface area contributed by atoms with Gasteiger partial charge in [-0.2, -0.15) is 12.6 Å². The van der Waals surface area contributed by atoms with Crippen molar-refractivity contribution >= 4 is 18.5 Å². The number of carbonyl (C=O) groups excluding carboxylic acids is 1. The van der Waals surface area contributed by atoms with Gasteiger partial charge in [0.2, 0.25) is 5.91 Å². The second-order valence-electron chi connectivity index (χ2n) is 2.67. The summed E-state index contributed by atoms with van der Waals surface area (Å²) in [5.74, 6) is -0.00394. The smallest absolute Gasteiger partial charge is 0.232 e. The van der Waals surface area contributed by atoms with E-state index in [0.717, 1.165) is 19.4 Å². The average molecular weight is 191 g/mol. The van der Waals surface area contributed by atoms with Gasteiger partial charge >= 0.3 is 0 Å². The number of thiol groups is 1. The Labute approximate surface area is 79.3 Å². The third-order valence-corrected chi connectivity index (χ3v) is 1.69. The van der Waals surface area contributed by atoms with E-state index in [1.165, 1.54) is 0 Å². The van der Waals surface area contributed by atoms with E-state index in [-0.39, 0.29) is 11.2 Å². The summed E-state index contributed by atoms with van der Waals surface area (Å²) in [6.07, 6.45) is 1.94. The van der Waals surface area contributed by atoms with E-state index in [4.69, 9.17) is 4.74 Å². The fraction of sp³-hybridized carbons (Fsp3) is 0.875. The number of carbonyl (C=O) groups is 1. The highest BCUT2D eigenvalue weighted by molar-refractivity contribution is 7.81. The summed E-state index contributed by atoms with van der Waals surface area (Å²) in [4.78, 5) is 11.0. The van der Waals surface area contributed by atoms with Crippen LogP contribution in [-0.2, 0) is 9.53 Å². The third kappa shape index (κ3) is 6.49. The number of amides is 1. The molecule has 0 heterocycles. The van der Waals surface area contributed by atoms with Crippen LogP contribution >= 0.6 is 12.6 Å². The van der Waals surface area contributed by atoms with E-state index in [2.05, 4.69) is 17.9 Å². The molecule has 12 heavy (non-hydrogen) atoms. The highest BCUT2D eigenvalue weighted by Gasteiger charge is 2.04. The first kappa shape index (κ1) is 11.8. The number of rotatable bonds is 6. The first-order valence-electron chi connectivity index (χ1n) is 4.13. The maximum atomic E-state index is 11.0. The number of nitrogens with one attached hydrogen (secondary N) is 1. The Hall–Kier alpha value is -0.220. The molecule has 0 aliphatic rings. The lowest BCUT2D eigenvalue weighted by molar-refractivity contribution is -0.120. The maximum absolute atomic E-state index is 11.0. The Kier molecular flexibility index (Phi) is 7.29. The second kappa shape index (κ2) is 7.43. The summed E-state index contributed by atoms with van der Waals surface area (Å²) < 4.78 is 4.87. The van der Waals surface area contributed by atoms with Gasteiger partial charge in [-0.1, -0.05) is 0 Å². The van der Waals surface area contributed by atoms with Gasteiger partial charge in [-0.15, -0.1) is 0 Å². The van der Waals surface area contributed by atoms with Gasteiger partial charge in [0.25, 0.3) is 0 Å². The zero-order valence-corrected chi connectivity index (χ0v) is 8.56. The largest absolute Gasteiger partial charge is 0.385 e. The molecule has 0 spiro atoms. The van der Waals surface area contributed by atoms with Crippen molar-refractivity contribution in [1.82, 2.24) is 5.32 Å². The lowest BCUT2D eigenvalue weighted by Crippen LogP contribution is -2.30. The van der Waals surface area contributed by atoms with Crippen LogP contribution in [0.15, 0.2) is 0 Å². The van der Waals surface area contributed by atoms with Gasteiger partial charge in [0.1, 0.15) is 0 Å². The minimum absolute atomic E-state index is 0.00394. The van der Waals surface area contributed by atoms with Crippen LogP contribution in [0.1, 0.15) is 19.8 Å². The Morgan fingerprint density at radius 3 is 2.75 bits per heavy atom. The lowest BCUT2D eigenvalue weighted by atomic mass is 10.3. The minimum Gasteiger partial charge on any atom is -0.385 e. The Morgan fingerprint density at radius 1 is 1.58 bits per heavy atom. The SMILES string of the molecule is COCCCCNC(=O)C(C)S. The molecule has 72 valence electrons. The molecule has 4 heteroatoms. The Balaban J connectivity index is 3.14. The van der Waals surface area contributed by atoms with Gasteiger partial charge in [0.05, 0.1) is 5.25 Å². The normalized spacial score (nSPS) is 12.6. The van der Waals surface area contributed by atoms with Crippen molar-refractivity contribution in [3.8, 4) is 0 Å². The molecule has 0 aromatic rings. The molecule has 0 saturated carbocycles. The van der Waals surface area contributed by atoms with E-state index in [0.29, 0.717) is 6.54 Å². The predicted octanol–water partition coefficient (Wildman–Crippen LogP) is 0.847. The molecule has 0 rings (SSSR count). The highest BCUT2D eigenvalue weighted by atomic mass is 32.1. The summed E-state index contributed by atoms with van der Waals surface area (Å²) in [6, 6.07) is 0. The molecule has 0 aromatic heterocycles. The molecule has 1 unspecified atom stereocenters. The fourth-order valence-electron chi connectivity index (χ4n) is 0.731. The number of hydrogen-bond acceptors (Lipinski definition) is 3. The maximum Gasteiger partial charge on any atom is 0.232 e. The molecule has 1 N–H and O–H groups in total. The zero-order chi connectivity index (χ0) is 9.40. The summed E-state index contributed by atoms with van der Waals surface area (Å²) >= 11 is 4.00. The summed E-state index contributed by atoms with van der Waals surface area (Å²) in [7, 11) is 1.67. The van der Waals surface area contributed by atoms with Crippen molar-refractivity contribution in [1.29, 1.82) is 0 Å². The van der Waals surface area contributed by atoms with Crippen LogP contribution in [-0.4, -0.2) is 31.4 Å². The summed E-state index contributed by atoms with van der Waals surface area (Å²) in [6.45, 7) is 3.23. The van der Waals surface area contributed by atoms with Crippen molar-refractivity contribution in [2.45, 2.75) is 25.0 Å². The molecule has 0 fully saturated rings. The molecule has 1 amide bonds. The van der Waals surface area contributed by atoms with E-state index < -0.39 is 0 Å². The number of unbranched alkanes of at least 4 members (excludes halogenated alkanes) is 1. The monoisotopic (exact) mass is 191 g/mol. The average Bonchev–Trinajstić information content (AvgIpc) is 2.03. The van der Waals surface area contributed by atoms with Crippen LogP contribution in [0.3, 0.4) is 0 Å². The molecule has 1 atom stereocenters. The molecule has 0 radical (unpaired) electrons. The van der Waals surface area contributed by atoms with Crippen LogP contribution in [0.2, 0.25) is 0 Å². The Morgan fingerprint density at radius 2 is 2.25 bits per heavy atom. The van der Waals surface area contributed by atoms with E-state index in [9.17, 15) is 4.79 Å². The van der Waals surface area contributed by atoms with Gasteiger partial charge in [-0.05, 0) is 19.8 Å². The van der Waals surface area contributed by atoms with Crippen LogP contribution in [0.4, 0.5) is 0 Å². The molecular formula is C8H17NO2S. The van der Waals surface area contributed by atoms with Crippen LogP contribution < -0.4 is 5.32 Å². The molecule has 0 aliphatic carbocycles. The first-order valence-corrected chi connectivity index (χ1v) is 4.65. The Bertz CT molecular complexity index is 128. The van der Waals surface area contributed by atoms with Gasteiger partial charge in [0.15, 0.2) is 0 Å². The number of ether oxygens (including phenoxy) is 1. The predicted molar refractivity (Wildman–Crippen MR) is 52.6 cm³/mol. The first-order chi connectivity index (χ1) is 5.68. The second-order valence-corrected chi connectivity index (χ2v) is 3.44. The zero-order valence-electron chi connectivity index (χ0n) is 7.67. The molecule has 3 nitrogen and oxygen atoms in total. The third-order valence-electron chi connectivity index (χ3n) is 1.45. The van der Waals surface area contributed by atoms with Gasteiger partial charge in [-0.25, -0.2) is 0 Å². The van der Waals surface area contributed by atoms with Crippen LogP contribution in [0.5, 0.6) is 0 Å². The standard InChI is InChI=1S/C8H17NO2S/c1-7(12)8(10)9-5-3-4-6-11-2/h7,12H,3-6H2,1-2H3,(H,9,10). The summed E-state index contributed by atoms with van der Waals surface area (Å²) in [5, 5.41) is 2.55. The van der Waals surface area contributed by atoms with Crippen molar-refractivity contribution in [2.75, 3.05) is 20.3 Å². The van der Waals surface area contributed by atoms with Crippen LogP contribution in [0, 0.1) is 0 Å². The van der Waals surface area contributed by atoms with Gasteiger partial charge in [-0.3, -0.25) is 4.79 Å². The van der Waals surface area contributed by atoms with Crippen LogP contribution in [0.25, 0.3) is 0 Å². The van der Waals surface area contributed by atoms with Gasteiger partial charge < -0.3 is 10.1 Å². The number of hydrogen-bond donors (Lipinski definition) is 2.